The quantitative estimate of drug-likeness (QED) is 0.832. The highest BCUT2D eigenvalue weighted by molar-refractivity contribution is 5.15. The van der Waals surface area contributed by atoms with E-state index >= 15 is 0 Å². The first kappa shape index (κ1) is 10.3. The van der Waals surface area contributed by atoms with Crippen LogP contribution in [0.5, 0.6) is 0 Å². The molecule has 1 aromatic rings. The van der Waals surface area contributed by atoms with Gasteiger partial charge in [-0.25, -0.2) is 0 Å². The lowest BCUT2D eigenvalue weighted by Gasteiger charge is -2.19. The van der Waals surface area contributed by atoms with Crippen molar-refractivity contribution in [1.82, 2.24) is 10.5 Å². The van der Waals surface area contributed by atoms with Crippen molar-refractivity contribution in [2.75, 3.05) is 13.1 Å². The first-order chi connectivity index (χ1) is 7.93. The molecule has 1 saturated carbocycles. The van der Waals surface area contributed by atoms with E-state index in [2.05, 4.69) is 16.5 Å². The van der Waals surface area contributed by atoms with Crippen LogP contribution in [0.25, 0.3) is 0 Å². The molecule has 1 aliphatic heterocycles. The lowest BCUT2D eigenvalue weighted by molar-refractivity contribution is 0.323. The number of hydrogen-bond donors (Lipinski definition) is 1. The molecule has 1 saturated heterocycles. The van der Waals surface area contributed by atoms with Crippen molar-refractivity contribution >= 4 is 0 Å². The minimum Gasteiger partial charge on any atom is -0.361 e. The minimum absolute atomic E-state index is 0.601. The fourth-order valence-electron chi connectivity index (χ4n) is 3.02. The van der Waals surface area contributed by atoms with Crippen molar-refractivity contribution in [3.05, 3.63) is 17.5 Å². The number of nitrogens with zero attached hydrogens (tertiary/aromatic N) is 1. The monoisotopic (exact) mass is 220 g/mol. The second kappa shape index (κ2) is 4.58. The number of aromatic nitrogens is 1. The van der Waals surface area contributed by atoms with Gasteiger partial charge in [-0.2, -0.15) is 0 Å². The summed E-state index contributed by atoms with van der Waals surface area (Å²) in [6.07, 6.45) is 7.72. The Kier molecular flexibility index (Phi) is 2.96. The Hall–Kier alpha value is -0.830. The second-order valence-corrected chi connectivity index (χ2v) is 5.16. The Labute approximate surface area is 96.6 Å². The summed E-state index contributed by atoms with van der Waals surface area (Å²) in [5, 5.41) is 7.66. The molecule has 1 aliphatic carbocycles. The van der Waals surface area contributed by atoms with Crippen molar-refractivity contribution < 1.29 is 4.52 Å². The van der Waals surface area contributed by atoms with Gasteiger partial charge in [0.05, 0.1) is 5.69 Å². The Morgan fingerprint density at radius 2 is 1.81 bits per heavy atom. The molecule has 3 heteroatoms. The molecular weight excluding hydrogens is 200 g/mol. The fourth-order valence-corrected chi connectivity index (χ4v) is 3.02. The normalized spacial score (nSPS) is 24.0. The van der Waals surface area contributed by atoms with Crippen LogP contribution in [0.2, 0.25) is 0 Å². The van der Waals surface area contributed by atoms with Crippen molar-refractivity contribution in [3.8, 4) is 0 Å². The van der Waals surface area contributed by atoms with Crippen molar-refractivity contribution in [3.63, 3.8) is 0 Å². The average Bonchev–Trinajstić information content (AvgIpc) is 3.01. The van der Waals surface area contributed by atoms with Crippen LogP contribution in [0.1, 0.15) is 61.8 Å². The first-order valence-electron chi connectivity index (χ1n) is 6.61. The number of nitrogens with one attached hydrogen (secondary N) is 1. The zero-order valence-corrected chi connectivity index (χ0v) is 9.74. The second-order valence-electron chi connectivity index (χ2n) is 5.16. The van der Waals surface area contributed by atoms with Crippen molar-refractivity contribution in [1.29, 1.82) is 0 Å². The number of piperidine rings is 1. The SMILES string of the molecule is c1c(C2CCCC2)noc1C1CCNCC1. The highest BCUT2D eigenvalue weighted by atomic mass is 16.5. The van der Waals surface area contributed by atoms with Crippen LogP contribution in [0.3, 0.4) is 0 Å². The zero-order valence-electron chi connectivity index (χ0n) is 9.74. The molecular formula is C13H20N2O. The van der Waals surface area contributed by atoms with Crippen LogP contribution in [0.15, 0.2) is 10.6 Å². The molecule has 2 heterocycles. The van der Waals surface area contributed by atoms with Crippen LogP contribution in [0.4, 0.5) is 0 Å². The third-order valence-electron chi connectivity index (χ3n) is 4.06. The minimum atomic E-state index is 0.601. The maximum atomic E-state index is 5.54. The van der Waals surface area contributed by atoms with Gasteiger partial charge in [-0.15, -0.1) is 0 Å². The predicted molar refractivity (Wildman–Crippen MR) is 62.6 cm³/mol. The molecule has 88 valence electrons. The summed E-state index contributed by atoms with van der Waals surface area (Å²) >= 11 is 0. The highest BCUT2D eigenvalue weighted by Crippen LogP contribution is 2.35. The van der Waals surface area contributed by atoms with Crippen LogP contribution in [-0.2, 0) is 0 Å². The molecule has 1 N–H and O–H groups in total. The summed E-state index contributed by atoms with van der Waals surface area (Å²) in [7, 11) is 0. The van der Waals surface area contributed by atoms with Gasteiger partial charge >= 0.3 is 0 Å². The molecule has 1 aromatic heterocycles. The molecule has 0 bridgehead atoms. The Balaban J connectivity index is 1.71. The maximum Gasteiger partial charge on any atom is 0.140 e. The van der Waals surface area contributed by atoms with E-state index in [1.165, 1.54) is 44.2 Å². The first-order valence-corrected chi connectivity index (χ1v) is 6.61. The molecule has 16 heavy (non-hydrogen) atoms. The predicted octanol–water partition coefficient (Wildman–Crippen LogP) is 2.80. The number of rotatable bonds is 2. The molecule has 2 aliphatic rings. The maximum absolute atomic E-state index is 5.54. The van der Waals surface area contributed by atoms with Gasteiger partial charge in [0, 0.05) is 17.9 Å². The third kappa shape index (κ3) is 2.01. The summed E-state index contributed by atoms with van der Waals surface area (Å²) in [6, 6.07) is 2.23. The topological polar surface area (TPSA) is 38.1 Å². The van der Waals surface area contributed by atoms with Crippen LogP contribution in [-0.4, -0.2) is 18.2 Å². The van der Waals surface area contributed by atoms with E-state index in [9.17, 15) is 0 Å². The lowest BCUT2D eigenvalue weighted by Crippen LogP contribution is -2.26. The largest absolute Gasteiger partial charge is 0.361 e. The van der Waals surface area contributed by atoms with Gasteiger partial charge in [0.25, 0.3) is 0 Å². The van der Waals surface area contributed by atoms with E-state index in [1.54, 1.807) is 0 Å². The fraction of sp³-hybridized carbons (Fsp3) is 0.769. The third-order valence-corrected chi connectivity index (χ3v) is 4.06. The van der Waals surface area contributed by atoms with E-state index in [4.69, 9.17) is 4.52 Å². The Morgan fingerprint density at radius 3 is 2.56 bits per heavy atom. The van der Waals surface area contributed by atoms with Crippen LogP contribution < -0.4 is 5.32 Å². The molecule has 2 fully saturated rings. The summed E-state index contributed by atoms with van der Waals surface area (Å²) in [5.74, 6) is 2.41. The van der Waals surface area contributed by atoms with E-state index < -0.39 is 0 Å². The molecule has 0 radical (unpaired) electrons. The van der Waals surface area contributed by atoms with E-state index in [1.807, 2.05) is 0 Å². The summed E-state index contributed by atoms with van der Waals surface area (Å²) in [6.45, 7) is 2.23. The lowest BCUT2D eigenvalue weighted by atomic mass is 9.94. The molecule has 0 amide bonds. The highest BCUT2D eigenvalue weighted by Gasteiger charge is 2.24. The molecule has 3 nitrogen and oxygen atoms in total. The van der Waals surface area contributed by atoms with E-state index in [-0.39, 0.29) is 0 Å². The molecule has 0 aromatic carbocycles. The molecule has 0 atom stereocenters. The molecule has 0 unspecified atom stereocenters. The van der Waals surface area contributed by atoms with Crippen molar-refractivity contribution in [2.24, 2.45) is 0 Å². The summed E-state index contributed by atoms with van der Waals surface area (Å²) in [5.41, 5.74) is 1.21. The van der Waals surface area contributed by atoms with Gasteiger partial charge in [0.2, 0.25) is 0 Å². The smallest absolute Gasteiger partial charge is 0.140 e. The molecule has 3 rings (SSSR count). The van der Waals surface area contributed by atoms with E-state index in [0.717, 1.165) is 18.8 Å². The Morgan fingerprint density at radius 1 is 1.06 bits per heavy atom. The van der Waals surface area contributed by atoms with Gasteiger partial charge in [-0.1, -0.05) is 18.0 Å². The summed E-state index contributed by atoms with van der Waals surface area (Å²) < 4.78 is 5.54. The van der Waals surface area contributed by atoms with Gasteiger partial charge in [-0.3, -0.25) is 0 Å². The van der Waals surface area contributed by atoms with Crippen LogP contribution in [0, 0.1) is 0 Å². The van der Waals surface area contributed by atoms with Crippen LogP contribution >= 0.6 is 0 Å². The number of hydrogen-bond acceptors (Lipinski definition) is 3. The van der Waals surface area contributed by atoms with Gasteiger partial charge in [0.15, 0.2) is 0 Å². The zero-order chi connectivity index (χ0) is 10.8. The van der Waals surface area contributed by atoms with Gasteiger partial charge in [-0.05, 0) is 38.8 Å². The van der Waals surface area contributed by atoms with Gasteiger partial charge in [0.1, 0.15) is 5.76 Å². The average molecular weight is 220 g/mol. The molecule has 0 spiro atoms. The standard InChI is InChI=1S/C13H20N2O/c1-2-4-10(3-1)12-9-13(16-15-12)11-5-7-14-8-6-11/h9-11,14H,1-8H2. The van der Waals surface area contributed by atoms with Crippen molar-refractivity contribution in [2.45, 2.75) is 50.4 Å². The Bertz CT molecular complexity index is 335. The van der Waals surface area contributed by atoms with Gasteiger partial charge < -0.3 is 9.84 Å². The van der Waals surface area contributed by atoms with E-state index in [0.29, 0.717) is 11.8 Å². The summed E-state index contributed by atoms with van der Waals surface area (Å²) in [4.78, 5) is 0.